The van der Waals surface area contributed by atoms with Crippen molar-refractivity contribution in [1.29, 1.82) is 0 Å². The van der Waals surface area contributed by atoms with Crippen LogP contribution in [0, 0.1) is 10.1 Å². The van der Waals surface area contributed by atoms with Crippen LogP contribution < -0.4 is 15.8 Å². The maximum atomic E-state index is 10.7. The molecule has 0 aliphatic carbocycles. The zero-order chi connectivity index (χ0) is 11.4. The summed E-state index contributed by atoms with van der Waals surface area (Å²) in [5.41, 5.74) is 5.34. The van der Waals surface area contributed by atoms with Crippen molar-refractivity contribution < 1.29 is 9.66 Å². The molecule has 80 valence electrons. The van der Waals surface area contributed by atoms with Gasteiger partial charge < -0.3 is 15.8 Å². The summed E-state index contributed by atoms with van der Waals surface area (Å²) >= 11 is 4.60. The van der Waals surface area contributed by atoms with Gasteiger partial charge in [0.15, 0.2) is 5.11 Å². The van der Waals surface area contributed by atoms with E-state index in [1.54, 1.807) is 6.07 Å². The predicted molar refractivity (Wildman–Crippen MR) is 60.1 cm³/mol. The Morgan fingerprint density at radius 3 is 2.80 bits per heavy atom. The molecule has 3 N–H and O–H groups in total. The van der Waals surface area contributed by atoms with E-state index in [0.29, 0.717) is 5.75 Å². The topological polar surface area (TPSA) is 90.4 Å². The highest BCUT2D eigenvalue weighted by Crippen LogP contribution is 2.28. The summed E-state index contributed by atoms with van der Waals surface area (Å²) in [7, 11) is 1.43. The van der Waals surface area contributed by atoms with Gasteiger partial charge in [0, 0.05) is 0 Å². The molecule has 0 saturated carbocycles. The third-order valence-electron chi connectivity index (χ3n) is 1.66. The lowest BCUT2D eigenvalue weighted by Crippen LogP contribution is -2.19. The Hall–Kier alpha value is -1.89. The van der Waals surface area contributed by atoms with E-state index in [2.05, 4.69) is 17.5 Å². The van der Waals surface area contributed by atoms with E-state index in [-0.39, 0.29) is 16.5 Å². The molecular formula is C8H9N3O3S. The van der Waals surface area contributed by atoms with Crippen LogP contribution in [0.25, 0.3) is 0 Å². The van der Waals surface area contributed by atoms with E-state index in [4.69, 9.17) is 10.5 Å². The number of anilines is 1. The first-order valence-electron chi connectivity index (χ1n) is 3.93. The smallest absolute Gasteiger partial charge is 0.296 e. The van der Waals surface area contributed by atoms with Gasteiger partial charge in [-0.1, -0.05) is 0 Å². The fourth-order valence-corrected chi connectivity index (χ4v) is 1.14. The standard InChI is InChI=1S/C8H9N3O3S/c1-14-5-2-3-6(10-8(9)15)7(4-5)11(12)13/h2-4H,1H3,(H3,9,10,15). The van der Waals surface area contributed by atoms with Gasteiger partial charge in [0.2, 0.25) is 0 Å². The number of ether oxygens (including phenoxy) is 1. The first-order chi connectivity index (χ1) is 7.04. The Bertz CT molecular complexity index is 408. The highest BCUT2D eigenvalue weighted by atomic mass is 32.1. The minimum Gasteiger partial charge on any atom is -0.496 e. The molecule has 0 heterocycles. The summed E-state index contributed by atoms with van der Waals surface area (Å²) < 4.78 is 4.87. The second-order valence-corrected chi connectivity index (χ2v) is 3.07. The maximum absolute atomic E-state index is 10.7. The van der Waals surface area contributed by atoms with Crippen LogP contribution in [0.15, 0.2) is 18.2 Å². The van der Waals surface area contributed by atoms with Crippen molar-refractivity contribution in [3.63, 3.8) is 0 Å². The zero-order valence-corrected chi connectivity index (χ0v) is 8.71. The largest absolute Gasteiger partial charge is 0.496 e. The molecule has 1 aromatic carbocycles. The SMILES string of the molecule is COc1ccc(NC(N)=S)c([N+](=O)[O-])c1. The summed E-state index contributed by atoms with van der Waals surface area (Å²) in [6.45, 7) is 0. The van der Waals surface area contributed by atoms with Crippen LogP contribution in [0.4, 0.5) is 11.4 Å². The number of nitrogens with zero attached hydrogens (tertiary/aromatic N) is 1. The van der Waals surface area contributed by atoms with Crippen molar-refractivity contribution in [1.82, 2.24) is 0 Å². The van der Waals surface area contributed by atoms with Crippen molar-refractivity contribution in [2.45, 2.75) is 0 Å². The molecule has 1 rings (SSSR count). The van der Waals surface area contributed by atoms with E-state index in [1.807, 2.05) is 0 Å². The molecule has 0 aliphatic heterocycles. The van der Waals surface area contributed by atoms with Gasteiger partial charge in [-0.15, -0.1) is 0 Å². The van der Waals surface area contributed by atoms with Crippen LogP contribution in [0.2, 0.25) is 0 Å². The molecule has 15 heavy (non-hydrogen) atoms. The number of nitro groups is 1. The minimum atomic E-state index is -0.539. The maximum Gasteiger partial charge on any atom is 0.296 e. The average molecular weight is 227 g/mol. The quantitative estimate of drug-likeness (QED) is 0.459. The van der Waals surface area contributed by atoms with E-state index < -0.39 is 4.92 Å². The number of nitrogens with two attached hydrogens (primary N) is 1. The van der Waals surface area contributed by atoms with Gasteiger partial charge in [-0.25, -0.2) is 0 Å². The summed E-state index contributed by atoms with van der Waals surface area (Å²) in [5.74, 6) is 0.398. The van der Waals surface area contributed by atoms with Gasteiger partial charge in [0.1, 0.15) is 11.4 Å². The Labute approximate surface area is 91.2 Å². The molecule has 0 bridgehead atoms. The lowest BCUT2D eigenvalue weighted by molar-refractivity contribution is -0.384. The fourth-order valence-electron chi connectivity index (χ4n) is 1.03. The molecule has 0 unspecified atom stereocenters. The Morgan fingerprint density at radius 1 is 1.67 bits per heavy atom. The highest BCUT2D eigenvalue weighted by Gasteiger charge is 2.15. The van der Waals surface area contributed by atoms with E-state index in [9.17, 15) is 10.1 Å². The summed E-state index contributed by atoms with van der Waals surface area (Å²) in [4.78, 5) is 10.2. The van der Waals surface area contributed by atoms with Crippen LogP contribution in [0.1, 0.15) is 0 Å². The summed E-state index contributed by atoms with van der Waals surface area (Å²) in [5, 5.41) is 13.2. The Morgan fingerprint density at radius 2 is 2.33 bits per heavy atom. The first kappa shape index (κ1) is 11.2. The van der Waals surface area contributed by atoms with Gasteiger partial charge in [0.25, 0.3) is 5.69 Å². The second-order valence-electron chi connectivity index (χ2n) is 2.63. The van der Waals surface area contributed by atoms with E-state index >= 15 is 0 Å². The molecule has 0 saturated heterocycles. The van der Waals surface area contributed by atoms with Gasteiger partial charge in [-0.2, -0.15) is 0 Å². The number of thiocarbonyl (C=S) groups is 1. The molecule has 0 aliphatic rings. The molecule has 0 fully saturated rings. The number of nitro benzene ring substituents is 1. The van der Waals surface area contributed by atoms with Crippen LogP contribution >= 0.6 is 12.2 Å². The molecule has 0 atom stereocenters. The lowest BCUT2D eigenvalue weighted by atomic mass is 10.2. The number of nitrogens with one attached hydrogen (secondary N) is 1. The monoisotopic (exact) mass is 227 g/mol. The van der Waals surface area contributed by atoms with E-state index in [1.165, 1.54) is 19.2 Å². The normalized spacial score (nSPS) is 9.40. The van der Waals surface area contributed by atoms with Crippen molar-refractivity contribution in [2.75, 3.05) is 12.4 Å². The van der Waals surface area contributed by atoms with Crippen molar-refractivity contribution >= 4 is 28.7 Å². The van der Waals surface area contributed by atoms with Crippen molar-refractivity contribution in [3.05, 3.63) is 28.3 Å². The molecule has 0 amide bonds. The molecule has 0 spiro atoms. The van der Waals surface area contributed by atoms with Gasteiger partial charge in [0.05, 0.1) is 18.1 Å². The predicted octanol–water partition coefficient (Wildman–Crippen LogP) is 1.26. The molecule has 0 aromatic heterocycles. The highest BCUT2D eigenvalue weighted by molar-refractivity contribution is 7.80. The molecule has 0 radical (unpaired) electrons. The lowest BCUT2D eigenvalue weighted by Gasteiger charge is -2.06. The number of rotatable bonds is 3. The number of benzene rings is 1. The Kier molecular flexibility index (Phi) is 3.40. The third-order valence-corrected chi connectivity index (χ3v) is 1.76. The van der Waals surface area contributed by atoms with E-state index in [0.717, 1.165) is 0 Å². The third kappa shape index (κ3) is 2.78. The average Bonchev–Trinajstić information content (AvgIpc) is 2.17. The zero-order valence-electron chi connectivity index (χ0n) is 7.89. The van der Waals surface area contributed by atoms with Gasteiger partial charge in [-0.05, 0) is 24.4 Å². The fraction of sp³-hybridized carbons (Fsp3) is 0.125. The van der Waals surface area contributed by atoms with Crippen LogP contribution in [0.3, 0.4) is 0 Å². The van der Waals surface area contributed by atoms with Crippen molar-refractivity contribution in [3.8, 4) is 5.75 Å². The van der Waals surface area contributed by atoms with Crippen LogP contribution in [-0.4, -0.2) is 17.1 Å². The molecule has 6 nitrogen and oxygen atoms in total. The second kappa shape index (κ2) is 4.56. The van der Waals surface area contributed by atoms with Gasteiger partial charge in [-0.3, -0.25) is 10.1 Å². The summed E-state index contributed by atoms with van der Waals surface area (Å²) in [6.07, 6.45) is 0. The molecule has 7 heteroatoms. The van der Waals surface area contributed by atoms with Crippen LogP contribution in [0.5, 0.6) is 5.75 Å². The summed E-state index contributed by atoms with van der Waals surface area (Å²) in [6, 6.07) is 4.35. The molecular weight excluding hydrogens is 218 g/mol. The number of methoxy groups -OCH3 is 1. The number of hydrogen-bond acceptors (Lipinski definition) is 4. The first-order valence-corrected chi connectivity index (χ1v) is 4.34. The number of hydrogen-bond donors (Lipinski definition) is 2. The van der Waals surface area contributed by atoms with Gasteiger partial charge >= 0.3 is 0 Å². The molecule has 1 aromatic rings. The Balaban J connectivity index is 3.15. The van der Waals surface area contributed by atoms with Crippen LogP contribution in [-0.2, 0) is 0 Å². The van der Waals surface area contributed by atoms with Crippen molar-refractivity contribution in [2.24, 2.45) is 5.73 Å². The minimum absolute atomic E-state index is 0.0248.